The van der Waals surface area contributed by atoms with Crippen molar-refractivity contribution in [3.63, 3.8) is 0 Å². The maximum Gasteiger partial charge on any atom is 0.229 e. The minimum absolute atomic E-state index is 0.0478. The molecule has 2 saturated carbocycles. The van der Waals surface area contributed by atoms with Crippen molar-refractivity contribution in [1.29, 1.82) is 0 Å². The van der Waals surface area contributed by atoms with E-state index in [1.165, 1.54) is 19.3 Å². The van der Waals surface area contributed by atoms with Crippen molar-refractivity contribution < 1.29 is 9.59 Å². The van der Waals surface area contributed by atoms with E-state index < -0.39 is 0 Å². The van der Waals surface area contributed by atoms with Crippen LogP contribution in [0, 0.1) is 23.7 Å². The summed E-state index contributed by atoms with van der Waals surface area (Å²) in [6.45, 7) is 1.41. The lowest BCUT2D eigenvalue weighted by Gasteiger charge is -2.35. The molecule has 2 amide bonds. The molecule has 1 saturated heterocycles. The first-order valence-corrected chi connectivity index (χ1v) is 9.35. The number of para-hydroxylation sites is 1. The van der Waals surface area contributed by atoms with E-state index in [-0.39, 0.29) is 17.7 Å². The zero-order valence-electron chi connectivity index (χ0n) is 14.1. The lowest BCUT2D eigenvalue weighted by molar-refractivity contribution is -0.140. The third-order valence-corrected chi connectivity index (χ3v) is 6.20. The summed E-state index contributed by atoms with van der Waals surface area (Å²) in [6.07, 6.45) is 6.69. The molecule has 128 valence electrons. The molecule has 1 N–H and O–H groups in total. The van der Waals surface area contributed by atoms with Gasteiger partial charge in [-0.1, -0.05) is 24.6 Å². The second kappa shape index (κ2) is 6.58. The summed E-state index contributed by atoms with van der Waals surface area (Å²) in [7, 11) is 0. The average molecular weight is 326 g/mol. The van der Waals surface area contributed by atoms with Gasteiger partial charge < -0.3 is 10.2 Å². The zero-order valence-corrected chi connectivity index (χ0v) is 14.1. The maximum absolute atomic E-state index is 12.9. The van der Waals surface area contributed by atoms with Gasteiger partial charge in [-0.15, -0.1) is 0 Å². The lowest BCUT2D eigenvalue weighted by atomic mass is 9.86. The standard InChI is InChI=1S/C20H26N2O2/c23-19(21-17-6-2-1-3-7-17)16-5-4-10-22(13-16)20(24)18-12-14-8-9-15(18)11-14/h1-3,6-7,14-16,18H,4-5,8-13H2,(H,21,23). The molecule has 4 atom stereocenters. The molecule has 0 radical (unpaired) electrons. The van der Waals surface area contributed by atoms with Gasteiger partial charge in [-0.3, -0.25) is 9.59 Å². The van der Waals surface area contributed by atoms with Crippen molar-refractivity contribution >= 4 is 17.5 Å². The molecule has 3 fully saturated rings. The van der Waals surface area contributed by atoms with Crippen LogP contribution in [0.15, 0.2) is 30.3 Å². The van der Waals surface area contributed by atoms with Crippen LogP contribution in [0.2, 0.25) is 0 Å². The highest BCUT2D eigenvalue weighted by atomic mass is 16.2. The summed E-state index contributed by atoms with van der Waals surface area (Å²) in [4.78, 5) is 27.4. The number of hydrogen-bond acceptors (Lipinski definition) is 2. The highest BCUT2D eigenvalue weighted by Gasteiger charge is 2.45. The molecule has 3 aliphatic rings. The van der Waals surface area contributed by atoms with Gasteiger partial charge in [0.2, 0.25) is 11.8 Å². The third-order valence-electron chi connectivity index (χ3n) is 6.20. The quantitative estimate of drug-likeness (QED) is 0.926. The molecule has 2 bridgehead atoms. The summed E-state index contributed by atoms with van der Waals surface area (Å²) in [5, 5.41) is 2.99. The number of hydrogen-bond donors (Lipinski definition) is 1. The SMILES string of the molecule is O=C(Nc1ccccc1)C1CCCN(C(=O)C2CC3CCC2C3)C1. The number of rotatable bonds is 3. The van der Waals surface area contributed by atoms with E-state index in [4.69, 9.17) is 0 Å². The minimum Gasteiger partial charge on any atom is -0.342 e. The van der Waals surface area contributed by atoms with Gasteiger partial charge in [0.25, 0.3) is 0 Å². The first-order chi connectivity index (χ1) is 11.7. The second-order valence-corrected chi connectivity index (χ2v) is 7.76. The number of benzene rings is 1. The van der Waals surface area contributed by atoms with E-state index in [1.54, 1.807) is 0 Å². The molecular formula is C20H26N2O2. The van der Waals surface area contributed by atoms with Crippen LogP contribution in [0.5, 0.6) is 0 Å². The van der Waals surface area contributed by atoms with Gasteiger partial charge in [0.05, 0.1) is 5.92 Å². The van der Waals surface area contributed by atoms with Gasteiger partial charge >= 0.3 is 0 Å². The van der Waals surface area contributed by atoms with Crippen LogP contribution in [0.25, 0.3) is 0 Å². The van der Waals surface area contributed by atoms with Gasteiger partial charge in [-0.05, 0) is 56.1 Å². The topological polar surface area (TPSA) is 49.4 Å². The molecule has 4 nitrogen and oxygen atoms in total. The molecule has 24 heavy (non-hydrogen) atoms. The molecule has 1 heterocycles. The van der Waals surface area contributed by atoms with Gasteiger partial charge in [0, 0.05) is 24.7 Å². The number of carbonyl (C=O) groups is 2. The Balaban J connectivity index is 1.37. The van der Waals surface area contributed by atoms with Crippen molar-refractivity contribution in [2.24, 2.45) is 23.7 Å². The van der Waals surface area contributed by atoms with Crippen LogP contribution in [0.3, 0.4) is 0 Å². The van der Waals surface area contributed by atoms with Gasteiger partial charge in [-0.25, -0.2) is 0 Å². The van der Waals surface area contributed by atoms with Gasteiger partial charge in [0.1, 0.15) is 0 Å². The fourth-order valence-electron chi connectivity index (χ4n) is 4.94. The molecule has 0 spiro atoms. The molecule has 1 aliphatic heterocycles. The second-order valence-electron chi connectivity index (χ2n) is 7.76. The van der Waals surface area contributed by atoms with Gasteiger partial charge in [0.15, 0.2) is 0 Å². The van der Waals surface area contributed by atoms with Crippen molar-refractivity contribution in [2.75, 3.05) is 18.4 Å². The molecular weight excluding hydrogens is 300 g/mol. The predicted octanol–water partition coefficient (Wildman–Crippen LogP) is 3.30. The van der Waals surface area contributed by atoms with E-state index in [0.29, 0.717) is 18.4 Å². The van der Waals surface area contributed by atoms with E-state index >= 15 is 0 Å². The highest BCUT2D eigenvalue weighted by molar-refractivity contribution is 5.93. The number of fused-ring (bicyclic) bond motifs is 2. The Labute approximate surface area is 143 Å². The van der Waals surface area contributed by atoms with Crippen LogP contribution in [0.4, 0.5) is 5.69 Å². The summed E-state index contributed by atoms with van der Waals surface area (Å²) in [6, 6.07) is 9.58. The molecule has 4 rings (SSSR count). The Kier molecular flexibility index (Phi) is 4.30. The summed E-state index contributed by atoms with van der Waals surface area (Å²) in [5.74, 6) is 1.92. The number of nitrogens with zero attached hydrogens (tertiary/aromatic N) is 1. The average Bonchev–Trinajstić information content (AvgIpc) is 3.25. The Morgan fingerprint density at radius 3 is 2.58 bits per heavy atom. The van der Waals surface area contributed by atoms with Crippen molar-refractivity contribution in [3.8, 4) is 0 Å². The van der Waals surface area contributed by atoms with E-state index in [1.807, 2.05) is 35.2 Å². The van der Waals surface area contributed by atoms with E-state index in [2.05, 4.69) is 5.32 Å². The number of anilines is 1. The zero-order chi connectivity index (χ0) is 16.5. The largest absolute Gasteiger partial charge is 0.342 e. The van der Waals surface area contributed by atoms with Crippen molar-refractivity contribution in [1.82, 2.24) is 4.90 Å². The molecule has 4 unspecified atom stereocenters. The molecule has 2 aliphatic carbocycles. The number of likely N-dealkylation sites (tertiary alicyclic amines) is 1. The van der Waals surface area contributed by atoms with Crippen molar-refractivity contribution in [3.05, 3.63) is 30.3 Å². The Bertz CT molecular complexity index is 615. The van der Waals surface area contributed by atoms with Crippen molar-refractivity contribution in [2.45, 2.75) is 38.5 Å². The summed E-state index contributed by atoms with van der Waals surface area (Å²) >= 11 is 0. The Morgan fingerprint density at radius 1 is 1.04 bits per heavy atom. The molecule has 0 aromatic heterocycles. The predicted molar refractivity (Wildman–Crippen MR) is 93.3 cm³/mol. The molecule has 1 aromatic rings. The van der Waals surface area contributed by atoms with Crippen LogP contribution in [0.1, 0.15) is 38.5 Å². The summed E-state index contributed by atoms with van der Waals surface area (Å²) in [5.41, 5.74) is 0.832. The third kappa shape index (κ3) is 3.06. The fraction of sp³-hybridized carbons (Fsp3) is 0.600. The molecule has 4 heteroatoms. The smallest absolute Gasteiger partial charge is 0.229 e. The van der Waals surface area contributed by atoms with Crippen LogP contribution >= 0.6 is 0 Å². The first kappa shape index (κ1) is 15.7. The van der Waals surface area contributed by atoms with Crippen LogP contribution in [-0.2, 0) is 9.59 Å². The Morgan fingerprint density at radius 2 is 1.88 bits per heavy atom. The van der Waals surface area contributed by atoms with E-state index in [0.717, 1.165) is 37.4 Å². The van der Waals surface area contributed by atoms with E-state index in [9.17, 15) is 9.59 Å². The number of carbonyl (C=O) groups excluding carboxylic acids is 2. The van der Waals surface area contributed by atoms with Crippen LogP contribution < -0.4 is 5.32 Å². The fourth-order valence-corrected chi connectivity index (χ4v) is 4.94. The first-order valence-electron chi connectivity index (χ1n) is 9.35. The number of piperidine rings is 1. The minimum atomic E-state index is -0.0819. The Hall–Kier alpha value is -1.84. The highest BCUT2D eigenvalue weighted by Crippen LogP contribution is 2.49. The maximum atomic E-state index is 12.9. The normalized spacial score (nSPS) is 31.9. The van der Waals surface area contributed by atoms with Crippen LogP contribution in [-0.4, -0.2) is 29.8 Å². The summed E-state index contributed by atoms with van der Waals surface area (Å²) < 4.78 is 0. The van der Waals surface area contributed by atoms with Gasteiger partial charge in [-0.2, -0.15) is 0 Å². The number of nitrogens with one attached hydrogen (secondary N) is 1. The number of amides is 2. The lowest BCUT2D eigenvalue weighted by Crippen LogP contribution is -2.46. The molecule has 1 aromatic carbocycles. The monoisotopic (exact) mass is 326 g/mol.